The summed E-state index contributed by atoms with van der Waals surface area (Å²) < 4.78 is 23.3. The lowest BCUT2D eigenvalue weighted by Gasteiger charge is -2.18. The third-order valence-electron chi connectivity index (χ3n) is 5.01. The minimum Gasteiger partial charge on any atom is -0.493 e. The molecule has 4 rings (SSSR count). The molecule has 2 N–H and O–H groups in total. The molecule has 0 bridgehead atoms. The minimum absolute atomic E-state index is 0.305. The van der Waals surface area contributed by atoms with Gasteiger partial charge < -0.3 is 14.8 Å². The predicted molar refractivity (Wildman–Crippen MR) is 118 cm³/mol. The molecule has 150 valence electrons. The van der Waals surface area contributed by atoms with Crippen molar-refractivity contribution < 1.29 is 9.13 Å². The van der Waals surface area contributed by atoms with E-state index < -0.39 is 0 Å². The van der Waals surface area contributed by atoms with Crippen LogP contribution in [0.4, 0.5) is 10.1 Å². The van der Waals surface area contributed by atoms with Crippen LogP contribution in [-0.2, 0) is 19.4 Å². The third kappa shape index (κ3) is 5.52. The van der Waals surface area contributed by atoms with Crippen LogP contribution in [0.15, 0.2) is 71.6 Å². The first-order valence-corrected chi connectivity index (χ1v) is 10.8. The van der Waals surface area contributed by atoms with Crippen LogP contribution in [0.5, 0.6) is 5.75 Å². The van der Waals surface area contributed by atoms with E-state index in [9.17, 15) is 4.39 Å². The van der Waals surface area contributed by atoms with E-state index in [-0.39, 0.29) is 5.82 Å². The van der Waals surface area contributed by atoms with Crippen molar-refractivity contribution in [2.24, 2.45) is 0 Å². The molecule has 0 atom stereocenters. The van der Waals surface area contributed by atoms with Gasteiger partial charge in [-0.2, -0.15) is 0 Å². The second-order valence-corrected chi connectivity index (χ2v) is 8.02. The zero-order chi connectivity index (χ0) is 19.9. The molecule has 29 heavy (non-hydrogen) atoms. The van der Waals surface area contributed by atoms with E-state index in [0.717, 1.165) is 37.2 Å². The van der Waals surface area contributed by atoms with Crippen LogP contribution in [0, 0.1) is 5.82 Å². The van der Waals surface area contributed by atoms with E-state index in [1.54, 1.807) is 6.07 Å². The highest BCUT2D eigenvalue weighted by atomic mass is 32.2. The minimum atomic E-state index is -0.305. The van der Waals surface area contributed by atoms with E-state index in [0.29, 0.717) is 18.0 Å². The van der Waals surface area contributed by atoms with Crippen LogP contribution < -0.4 is 14.8 Å². The molecule has 0 saturated carbocycles. The van der Waals surface area contributed by atoms with Crippen molar-refractivity contribution in [1.82, 2.24) is 5.32 Å². The van der Waals surface area contributed by atoms with Crippen LogP contribution in [-0.4, -0.2) is 13.2 Å². The van der Waals surface area contributed by atoms with Crippen molar-refractivity contribution >= 4 is 17.6 Å². The highest BCUT2D eigenvalue weighted by Crippen LogP contribution is 2.28. The number of fused-ring (bicyclic) bond motifs is 1. The number of hydrogen-bond donors (Lipinski definition) is 2. The molecule has 0 aliphatic carbocycles. The molecule has 3 aromatic carbocycles. The highest BCUT2D eigenvalue weighted by Gasteiger charge is 2.10. The average Bonchev–Trinajstić information content (AvgIpc) is 2.77. The zero-order valence-corrected chi connectivity index (χ0v) is 17.1. The van der Waals surface area contributed by atoms with E-state index in [1.165, 1.54) is 34.7 Å². The van der Waals surface area contributed by atoms with E-state index in [4.69, 9.17) is 4.74 Å². The number of nitrogens with one attached hydrogen (secondary N) is 2. The van der Waals surface area contributed by atoms with Gasteiger partial charge in [-0.1, -0.05) is 36.4 Å². The Morgan fingerprint density at radius 2 is 1.90 bits per heavy atom. The number of anilines is 1. The summed E-state index contributed by atoms with van der Waals surface area (Å²) in [4.78, 5) is 1.09. The SMILES string of the molecule is Fc1cc(OCCCc2ccccc2)ccc1NSc1ccc2c(c1)CCNC2. The summed E-state index contributed by atoms with van der Waals surface area (Å²) in [7, 11) is 0. The molecule has 0 saturated heterocycles. The number of rotatable bonds is 8. The lowest BCUT2D eigenvalue weighted by atomic mass is 10.0. The van der Waals surface area contributed by atoms with Crippen molar-refractivity contribution in [3.8, 4) is 5.75 Å². The predicted octanol–water partition coefficient (Wildman–Crippen LogP) is 5.60. The quantitative estimate of drug-likeness (QED) is 0.375. The topological polar surface area (TPSA) is 33.3 Å². The van der Waals surface area contributed by atoms with Gasteiger partial charge in [0.05, 0.1) is 12.3 Å². The molecule has 0 aromatic heterocycles. The normalized spacial score (nSPS) is 13.0. The Morgan fingerprint density at radius 1 is 1.00 bits per heavy atom. The fraction of sp³-hybridized carbons (Fsp3) is 0.250. The van der Waals surface area contributed by atoms with Crippen molar-refractivity contribution in [3.63, 3.8) is 0 Å². The highest BCUT2D eigenvalue weighted by molar-refractivity contribution is 8.00. The van der Waals surface area contributed by atoms with Gasteiger partial charge in [0.15, 0.2) is 5.82 Å². The molecule has 5 heteroatoms. The molecule has 0 fully saturated rings. The van der Waals surface area contributed by atoms with E-state index in [2.05, 4.69) is 40.4 Å². The van der Waals surface area contributed by atoms with Gasteiger partial charge in [-0.15, -0.1) is 0 Å². The first kappa shape index (κ1) is 19.8. The Labute approximate surface area is 175 Å². The van der Waals surface area contributed by atoms with Gasteiger partial charge in [0.2, 0.25) is 0 Å². The van der Waals surface area contributed by atoms with Crippen LogP contribution >= 0.6 is 11.9 Å². The lowest BCUT2D eigenvalue weighted by molar-refractivity contribution is 0.309. The van der Waals surface area contributed by atoms with Crippen molar-refractivity contribution in [1.29, 1.82) is 0 Å². The Bertz CT molecular complexity index is 949. The number of benzene rings is 3. The van der Waals surface area contributed by atoms with Gasteiger partial charge in [-0.25, -0.2) is 4.39 Å². The Morgan fingerprint density at radius 3 is 2.76 bits per heavy atom. The molecule has 0 amide bonds. The molecule has 0 radical (unpaired) electrons. The summed E-state index contributed by atoms with van der Waals surface area (Å²) in [6.45, 7) is 2.50. The van der Waals surface area contributed by atoms with Crippen molar-refractivity contribution in [3.05, 3.63) is 89.2 Å². The van der Waals surface area contributed by atoms with Crippen LogP contribution in [0.2, 0.25) is 0 Å². The summed E-state index contributed by atoms with van der Waals surface area (Å²) in [6.07, 6.45) is 2.89. The van der Waals surface area contributed by atoms with Crippen LogP contribution in [0.1, 0.15) is 23.1 Å². The molecule has 0 spiro atoms. The summed E-state index contributed by atoms with van der Waals surface area (Å²) in [5.74, 6) is 0.257. The van der Waals surface area contributed by atoms with Gasteiger partial charge in [-0.3, -0.25) is 0 Å². The molecule has 3 aromatic rings. The number of aryl methyl sites for hydroxylation is 1. The van der Waals surface area contributed by atoms with Gasteiger partial charge >= 0.3 is 0 Å². The van der Waals surface area contributed by atoms with Gasteiger partial charge in [-0.05, 0) is 78.7 Å². The van der Waals surface area contributed by atoms with E-state index in [1.807, 2.05) is 24.3 Å². The first-order chi connectivity index (χ1) is 14.3. The summed E-state index contributed by atoms with van der Waals surface area (Å²) in [5, 5.41) is 3.37. The molecule has 3 nitrogen and oxygen atoms in total. The average molecular weight is 409 g/mol. The summed E-state index contributed by atoms with van der Waals surface area (Å²) in [5.41, 5.74) is 4.47. The fourth-order valence-corrected chi connectivity index (χ4v) is 4.14. The molecule has 1 aliphatic rings. The summed E-state index contributed by atoms with van der Waals surface area (Å²) in [6, 6.07) is 21.7. The van der Waals surface area contributed by atoms with E-state index >= 15 is 0 Å². The standard InChI is InChI=1S/C24H25FN2OS/c25-23-16-21(28-14-4-7-18-5-2-1-3-6-18)9-11-24(23)27-29-22-10-8-20-17-26-13-12-19(20)15-22/h1-3,5-6,8-11,15-16,26-27H,4,7,12-14,17H2. The second kappa shape index (κ2) is 9.81. The maximum atomic E-state index is 14.4. The van der Waals surface area contributed by atoms with Gasteiger partial charge in [0.25, 0.3) is 0 Å². The molecular formula is C24H25FN2OS. The summed E-state index contributed by atoms with van der Waals surface area (Å²) >= 11 is 1.43. The molecule has 1 aliphatic heterocycles. The third-order valence-corrected chi connectivity index (χ3v) is 5.82. The Hall–Kier alpha value is -2.50. The maximum absolute atomic E-state index is 14.4. The smallest absolute Gasteiger partial charge is 0.150 e. The van der Waals surface area contributed by atoms with Gasteiger partial charge in [0, 0.05) is 17.5 Å². The maximum Gasteiger partial charge on any atom is 0.150 e. The van der Waals surface area contributed by atoms with Gasteiger partial charge in [0.1, 0.15) is 5.75 Å². The molecule has 0 unspecified atom stereocenters. The molecular weight excluding hydrogens is 383 g/mol. The lowest BCUT2D eigenvalue weighted by Crippen LogP contribution is -2.23. The van der Waals surface area contributed by atoms with Crippen molar-refractivity contribution in [2.75, 3.05) is 17.9 Å². The Kier molecular flexibility index (Phi) is 6.70. The van der Waals surface area contributed by atoms with Crippen LogP contribution in [0.3, 0.4) is 0 Å². The number of ether oxygens (including phenoxy) is 1. The molecule has 1 heterocycles. The monoisotopic (exact) mass is 408 g/mol. The zero-order valence-electron chi connectivity index (χ0n) is 16.3. The largest absolute Gasteiger partial charge is 0.493 e. The Balaban J connectivity index is 1.27. The number of hydrogen-bond acceptors (Lipinski definition) is 4. The number of halogens is 1. The second-order valence-electron chi connectivity index (χ2n) is 7.14. The first-order valence-electron chi connectivity index (χ1n) is 9.99. The fourth-order valence-electron chi connectivity index (χ4n) is 3.41. The van der Waals surface area contributed by atoms with Crippen LogP contribution in [0.25, 0.3) is 0 Å². The van der Waals surface area contributed by atoms with Crippen molar-refractivity contribution in [2.45, 2.75) is 30.7 Å².